The van der Waals surface area contributed by atoms with E-state index in [1.807, 2.05) is 36.4 Å². The van der Waals surface area contributed by atoms with Crippen LogP contribution in [-0.4, -0.2) is 48.6 Å². The van der Waals surface area contributed by atoms with Gasteiger partial charge < -0.3 is 14.2 Å². The van der Waals surface area contributed by atoms with Gasteiger partial charge in [0.25, 0.3) is 0 Å². The minimum absolute atomic E-state index is 0.0254. The number of hydrogen-bond donors (Lipinski definition) is 0. The first kappa shape index (κ1) is 32.5. The van der Waals surface area contributed by atoms with E-state index in [0.717, 1.165) is 11.1 Å². The molecule has 2 amide bonds. The molecule has 2 heterocycles. The van der Waals surface area contributed by atoms with Gasteiger partial charge in [-0.3, -0.25) is 4.90 Å². The van der Waals surface area contributed by atoms with Crippen molar-refractivity contribution >= 4 is 28.2 Å². The first-order chi connectivity index (χ1) is 22.1. The molecule has 0 spiro atoms. The Balaban J connectivity index is 1.35. The molecule has 12 heteroatoms. The summed E-state index contributed by atoms with van der Waals surface area (Å²) < 4.78 is 58.2. The lowest BCUT2D eigenvalue weighted by Gasteiger charge is -2.19. The molecule has 0 saturated heterocycles. The number of amides is 2. The maximum Gasteiger partial charge on any atom is 0.347 e. The second-order valence-electron chi connectivity index (χ2n) is 10.7. The summed E-state index contributed by atoms with van der Waals surface area (Å²) in [6, 6.07) is 21.9. The summed E-state index contributed by atoms with van der Waals surface area (Å²) in [5.74, 6) is 0.480. The van der Waals surface area contributed by atoms with Crippen LogP contribution in [-0.2, 0) is 27.7 Å². The molecular weight excluding hydrogens is 611 g/mol. The Hall–Kier alpha value is -4.94. The van der Waals surface area contributed by atoms with Crippen molar-refractivity contribution in [3.05, 3.63) is 119 Å². The summed E-state index contributed by atoms with van der Waals surface area (Å²) in [5, 5.41) is -0.341. The van der Waals surface area contributed by atoms with Crippen molar-refractivity contribution in [3.8, 4) is 11.5 Å². The summed E-state index contributed by atoms with van der Waals surface area (Å²) in [6.45, 7) is 6.99. The number of halogens is 1. The van der Waals surface area contributed by atoms with E-state index in [2.05, 4.69) is 21.7 Å². The number of aryl methyl sites for hydroxylation is 1. The number of fused-ring (bicyclic) bond motifs is 1. The molecule has 46 heavy (non-hydrogen) atoms. The molecule has 1 aliphatic heterocycles. The first-order valence-corrected chi connectivity index (χ1v) is 16.1. The highest BCUT2D eigenvalue weighted by Gasteiger charge is 2.24. The monoisotopic (exact) mass is 644 g/mol. The highest BCUT2D eigenvalue weighted by atomic mass is 32.2. The van der Waals surface area contributed by atoms with Gasteiger partial charge in [-0.05, 0) is 68.0 Å². The smallest absolute Gasteiger partial charge is 0.347 e. The number of rotatable bonds is 12. The van der Waals surface area contributed by atoms with E-state index in [1.54, 1.807) is 56.4 Å². The fourth-order valence-electron chi connectivity index (χ4n) is 4.85. The quantitative estimate of drug-likeness (QED) is 0.127. The number of carbonyl (C=O) groups is 1. The summed E-state index contributed by atoms with van der Waals surface area (Å²) in [7, 11) is -3.98. The number of allylic oxidation sites excluding steroid dienone is 1. The molecule has 1 atom stereocenters. The number of urea groups is 1. The predicted octanol–water partition coefficient (Wildman–Crippen LogP) is 6.46. The average Bonchev–Trinajstić information content (AvgIpc) is 3.53. The van der Waals surface area contributed by atoms with Crippen molar-refractivity contribution in [2.75, 3.05) is 12.5 Å². The molecule has 0 bridgehead atoms. The SMILES string of the molecule is C=NC(=O)N(/C=C(\C)c1cc(C)nc(S(=O)(=O)CCC(OCc2ccccc2F)c2ccccc2)n1)Cc1ccc2c(c1)OCO2. The molecule has 4 aromatic rings. The van der Waals surface area contributed by atoms with Gasteiger partial charge >= 0.3 is 6.03 Å². The minimum atomic E-state index is -3.98. The molecule has 238 valence electrons. The van der Waals surface area contributed by atoms with Crippen molar-refractivity contribution in [1.82, 2.24) is 14.9 Å². The zero-order chi connectivity index (χ0) is 32.7. The van der Waals surface area contributed by atoms with E-state index < -0.39 is 27.8 Å². The number of ether oxygens (including phenoxy) is 3. The Kier molecular flexibility index (Phi) is 10.2. The highest BCUT2D eigenvalue weighted by Crippen LogP contribution is 2.33. The number of carbonyl (C=O) groups excluding carboxylic acids is 1. The molecule has 0 radical (unpaired) electrons. The number of sulfone groups is 1. The Bertz CT molecular complexity index is 1870. The van der Waals surface area contributed by atoms with Crippen LogP contribution >= 0.6 is 0 Å². The summed E-state index contributed by atoms with van der Waals surface area (Å²) in [4.78, 5) is 26.2. The first-order valence-electron chi connectivity index (χ1n) is 14.5. The molecular formula is C34H33FN4O6S. The van der Waals surface area contributed by atoms with Gasteiger partial charge in [-0.2, -0.15) is 0 Å². The zero-order valence-electron chi connectivity index (χ0n) is 25.4. The maximum absolute atomic E-state index is 14.2. The molecule has 3 aromatic carbocycles. The van der Waals surface area contributed by atoms with Crippen LogP contribution in [0.15, 0.2) is 95.2 Å². The lowest BCUT2D eigenvalue weighted by atomic mass is 10.1. The lowest BCUT2D eigenvalue weighted by molar-refractivity contribution is 0.0361. The maximum atomic E-state index is 14.2. The molecule has 0 aliphatic carbocycles. The van der Waals surface area contributed by atoms with Gasteiger partial charge in [0.2, 0.25) is 21.8 Å². The van der Waals surface area contributed by atoms with Crippen LogP contribution in [0.5, 0.6) is 11.5 Å². The summed E-state index contributed by atoms with van der Waals surface area (Å²) in [6.07, 6.45) is 1.01. The minimum Gasteiger partial charge on any atom is -0.454 e. The molecule has 10 nitrogen and oxygen atoms in total. The van der Waals surface area contributed by atoms with Crippen molar-refractivity contribution in [2.24, 2.45) is 4.99 Å². The fourth-order valence-corrected chi connectivity index (χ4v) is 6.08. The molecule has 1 aliphatic rings. The Morgan fingerprint density at radius 1 is 1.07 bits per heavy atom. The van der Waals surface area contributed by atoms with Crippen molar-refractivity contribution < 1.29 is 31.8 Å². The van der Waals surface area contributed by atoms with Gasteiger partial charge in [-0.25, -0.2) is 32.6 Å². The third-order valence-electron chi connectivity index (χ3n) is 7.25. The normalized spacial score (nSPS) is 13.3. The van der Waals surface area contributed by atoms with Crippen molar-refractivity contribution in [3.63, 3.8) is 0 Å². The highest BCUT2D eigenvalue weighted by molar-refractivity contribution is 7.91. The number of aromatic nitrogens is 2. The van der Waals surface area contributed by atoms with Gasteiger partial charge in [-0.15, -0.1) is 0 Å². The third kappa shape index (κ3) is 8.01. The fraction of sp³-hybridized carbons (Fsp3) is 0.235. The standard InChI is InChI=1S/C34H33FN4O6S/c1-23(19-39(34(40)36-3)20-25-13-14-31-32(18-25)45-22-44-31)29-17-24(2)37-33(38-29)46(41,42)16-15-30(26-9-5-4-6-10-26)43-21-27-11-7-8-12-28(27)35/h4-14,17-19,30H,3,15-16,20-22H2,1-2H3/b23-19+. The van der Waals surface area contributed by atoms with Gasteiger partial charge in [0.1, 0.15) is 5.82 Å². The summed E-state index contributed by atoms with van der Waals surface area (Å²) in [5.41, 5.74) is 3.17. The average molecular weight is 645 g/mol. The number of hydrogen-bond acceptors (Lipinski definition) is 8. The van der Waals surface area contributed by atoms with Gasteiger partial charge in [0.05, 0.1) is 30.7 Å². The number of nitrogens with zero attached hydrogens (tertiary/aromatic N) is 4. The Morgan fingerprint density at radius 3 is 2.57 bits per heavy atom. The van der Waals surface area contributed by atoms with Crippen LogP contribution in [0.25, 0.3) is 5.57 Å². The van der Waals surface area contributed by atoms with Crippen LogP contribution in [0.4, 0.5) is 9.18 Å². The van der Waals surface area contributed by atoms with Gasteiger partial charge in [0, 0.05) is 17.5 Å². The predicted molar refractivity (Wildman–Crippen MR) is 171 cm³/mol. The molecule has 1 unspecified atom stereocenters. The van der Waals surface area contributed by atoms with Crippen LogP contribution in [0, 0.1) is 12.7 Å². The van der Waals surface area contributed by atoms with E-state index >= 15 is 0 Å². The molecule has 5 rings (SSSR count). The van der Waals surface area contributed by atoms with E-state index in [0.29, 0.717) is 34.0 Å². The number of aliphatic imine (C=N–C) groups is 1. The molecule has 0 N–H and O–H groups in total. The topological polar surface area (TPSA) is 120 Å². The zero-order valence-corrected chi connectivity index (χ0v) is 26.2. The Morgan fingerprint density at radius 2 is 1.80 bits per heavy atom. The van der Waals surface area contributed by atoms with Gasteiger partial charge in [0.15, 0.2) is 11.5 Å². The molecule has 0 fully saturated rings. The second kappa shape index (κ2) is 14.4. The lowest BCUT2D eigenvalue weighted by Crippen LogP contribution is -2.22. The summed E-state index contributed by atoms with van der Waals surface area (Å²) >= 11 is 0. The van der Waals surface area contributed by atoms with E-state index in [1.165, 1.54) is 11.0 Å². The van der Waals surface area contributed by atoms with Crippen LogP contribution in [0.1, 0.15) is 47.5 Å². The van der Waals surface area contributed by atoms with Crippen molar-refractivity contribution in [1.29, 1.82) is 0 Å². The van der Waals surface area contributed by atoms with Gasteiger partial charge in [-0.1, -0.05) is 54.6 Å². The largest absolute Gasteiger partial charge is 0.454 e. The van der Waals surface area contributed by atoms with Crippen LogP contribution in [0.3, 0.4) is 0 Å². The van der Waals surface area contributed by atoms with Crippen LogP contribution < -0.4 is 9.47 Å². The van der Waals surface area contributed by atoms with Crippen LogP contribution in [0.2, 0.25) is 0 Å². The second-order valence-corrected chi connectivity index (χ2v) is 12.7. The molecule has 0 saturated carbocycles. The Labute approximate surface area is 267 Å². The van der Waals surface area contributed by atoms with E-state index in [9.17, 15) is 17.6 Å². The number of benzene rings is 3. The van der Waals surface area contributed by atoms with E-state index in [-0.39, 0.29) is 37.3 Å². The van der Waals surface area contributed by atoms with E-state index in [4.69, 9.17) is 14.2 Å². The third-order valence-corrected chi connectivity index (χ3v) is 8.77. The van der Waals surface area contributed by atoms with Crippen molar-refractivity contribution in [2.45, 2.75) is 44.7 Å². The molecule has 1 aromatic heterocycles.